The third-order valence-corrected chi connectivity index (χ3v) is 5.90. The second-order valence-corrected chi connectivity index (χ2v) is 8.00. The molecule has 0 aromatic heterocycles. The maximum absolute atomic E-state index is 3.83. The molecular weight excluding hydrogens is 399 g/mol. The fourth-order valence-electron chi connectivity index (χ4n) is 4.12. The Bertz CT molecular complexity index is 670. The maximum atomic E-state index is 3.83. The summed E-state index contributed by atoms with van der Waals surface area (Å²) < 4.78 is 0. The molecule has 2 unspecified atom stereocenters. The van der Waals surface area contributed by atoms with Gasteiger partial charge < -0.3 is 10.6 Å². The largest absolute Gasteiger partial charge is 0.308 e. The molecule has 2 nitrogen and oxygen atoms in total. The van der Waals surface area contributed by atoms with Gasteiger partial charge in [0, 0.05) is 25.2 Å². The van der Waals surface area contributed by atoms with Crippen molar-refractivity contribution in [3.05, 3.63) is 70.8 Å². The average Bonchev–Trinajstić information content (AvgIpc) is 2.73. The molecule has 29 heavy (non-hydrogen) atoms. The third-order valence-electron chi connectivity index (χ3n) is 5.90. The van der Waals surface area contributed by atoms with Crippen molar-refractivity contribution in [2.45, 2.75) is 84.0 Å². The minimum absolute atomic E-state index is 0. The third kappa shape index (κ3) is 8.30. The molecule has 1 aliphatic rings. The summed E-state index contributed by atoms with van der Waals surface area (Å²) in [6.07, 6.45) is 8.75. The summed E-state index contributed by atoms with van der Waals surface area (Å²) in [5.41, 5.74) is 5.66. The zero-order valence-electron chi connectivity index (χ0n) is 18.0. The van der Waals surface area contributed by atoms with Gasteiger partial charge in [-0.2, -0.15) is 0 Å². The Hall–Kier alpha value is -1.06. The first-order chi connectivity index (χ1) is 13.3. The molecule has 0 spiro atoms. The van der Waals surface area contributed by atoms with Gasteiger partial charge in [-0.05, 0) is 47.9 Å². The molecule has 162 valence electrons. The summed E-state index contributed by atoms with van der Waals surface area (Å²) in [5.74, 6) is 0. The maximum Gasteiger partial charge on any atom is 0.0224 e. The normalized spacial score (nSPS) is 18.6. The molecule has 1 saturated carbocycles. The molecule has 0 amide bonds. The fraction of sp³-hybridized carbons (Fsp3) is 0.520. The van der Waals surface area contributed by atoms with Crippen LogP contribution in [0.1, 0.15) is 68.2 Å². The zero-order chi connectivity index (χ0) is 18.9. The molecule has 0 heterocycles. The molecule has 1 fully saturated rings. The first-order valence-electron chi connectivity index (χ1n) is 10.9. The van der Waals surface area contributed by atoms with E-state index in [1.54, 1.807) is 0 Å². The van der Waals surface area contributed by atoms with E-state index in [0.29, 0.717) is 12.1 Å². The van der Waals surface area contributed by atoms with Crippen LogP contribution < -0.4 is 10.6 Å². The van der Waals surface area contributed by atoms with E-state index in [2.05, 4.69) is 73.0 Å². The van der Waals surface area contributed by atoms with E-state index >= 15 is 0 Å². The minimum atomic E-state index is 0. The number of halogens is 2. The molecule has 0 radical (unpaired) electrons. The molecule has 4 heteroatoms. The Kier molecular flexibility index (Phi) is 12.6. The lowest BCUT2D eigenvalue weighted by atomic mass is 9.90. The van der Waals surface area contributed by atoms with E-state index in [-0.39, 0.29) is 24.8 Å². The SMILES string of the molecule is CCCc1ccc(CNC2CCCCC2NCc2ccc(CC)cc2)cc1.Cl.Cl. The van der Waals surface area contributed by atoms with E-state index in [9.17, 15) is 0 Å². The van der Waals surface area contributed by atoms with Crippen molar-refractivity contribution in [1.82, 2.24) is 10.6 Å². The van der Waals surface area contributed by atoms with E-state index in [0.717, 1.165) is 19.5 Å². The molecule has 2 N–H and O–H groups in total. The smallest absolute Gasteiger partial charge is 0.0224 e. The van der Waals surface area contributed by atoms with Crippen molar-refractivity contribution in [3.8, 4) is 0 Å². The van der Waals surface area contributed by atoms with Crippen LogP contribution in [0, 0.1) is 0 Å². The van der Waals surface area contributed by atoms with Crippen LogP contribution in [0.2, 0.25) is 0 Å². The van der Waals surface area contributed by atoms with Gasteiger partial charge >= 0.3 is 0 Å². The highest BCUT2D eigenvalue weighted by molar-refractivity contribution is 5.85. The summed E-state index contributed by atoms with van der Waals surface area (Å²) in [6.45, 7) is 6.39. The fourth-order valence-corrected chi connectivity index (χ4v) is 4.12. The Morgan fingerprint density at radius 2 is 1.07 bits per heavy atom. The lowest BCUT2D eigenvalue weighted by Crippen LogP contribution is -2.49. The monoisotopic (exact) mass is 436 g/mol. The number of hydrogen-bond donors (Lipinski definition) is 2. The number of hydrogen-bond acceptors (Lipinski definition) is 2. The van der Waals surface area contributed by atoms with Crippen molar-refractivity contribution in [1.29, 1.82) is 0 Å². The summed E-state index contributed by atoms with van der Waals surface area (Å²) >= 11 is 0. The van der Waals surface area contributed by atoms with E-state index in [4.69, 9.17) is 0 Å². The van der Waals surface area contributed by atoms with Crippen LogP contribution in [0.25, 0.3) is 0 Å². The summed E-state index contributed by atoms with van der Waals surface area (Å²) in [5, 5.41) is 7.66. The Labute approximate surface area is 190 Å². The number of nitrogens with one attached hydrogen (secondary N) is 2. The zero-order valence-corrected chi connectivity index (χ0v) is 19.6. The molecule has 0 saturated heterocycles. The van der Waals surface area contributed by atoms with Crippen LogP contribution in [0.3, 0.4) is 0 Å². The minimum Gasteiger partial charge on any atom is -0.308 e. The van der Waals surface area contributed by atoms with Gasteiger partial charge in [0.1, 0.15) is 0 Å². The number of aryl methyl sites for hydroxylation is 2. The van der Waals surface area contributed by atoms with Crippen molar-refractivity contribution in [2.75, 3.05) is 0 Å². The van der Waals surface area contributed by atoms with Gasteiger partial charge in [-0.1, -0.05) is 81.6 Å². The summed E-state index contributed by atoms with van der Waals surface area (Å²) in [6, 6.07) is 19.4. The predicted molar refractivity (Wildman–Crippen MR) is 130 cm³/mol. The van der Waals surface area contributed by atoms with E-state index in [1.807, 2.05) is 0 Å². The van der Waals surface area contributed by atoms with Crippen LogP contribution in [-0.2, 0) is 25.9 Å². The van der Waals surface area contributed by atoms with Gasteiger partial charge in [-0.25, -0.2) is 0 Å². The standard InChI is InChI=1S/C25H36N2.2ClH/c1-3-7-21-12-16-23(17-13-21)19-27-25-9-6-5-8-24(25)26-18-22-14-10-20(4-2)11-15-22;;/h10-17,24-27H,3-9,18-19H2,1-2H3;2*1H. The quantitative estimate of drug-likeness (QED) is 0.486. The van der Waals surface area contributed by atoms with Crippen LogP contribution in [0.4, 0.5) is 0 Å². The number of rotatable bonds is 9. The van der Waals surface area contributed by atoms with Gasteiger partial charge in [-0.15, -0.1) is 24.8 Å². The van der Waals surface area contributed by atoms with Crippen molar-refractivity contribution in [2.24, 2.45) is 0 Å². The summed E-state index contributed by atoms with van der Waals surface area (Å²) in [7, 11) is 0. The van der Waals surface area contributed by atoms with Gasteiger partial charge in [0.2, 0.25) is 0 Å². The highest BCUT2D eigenvalue weighted by Gasteiger charge is 2.24. The average molecular weight is 437 g/mol. The molecule has 2 aromatic carbocycles. The number of benzene rings is 2. The lowest BCUT2D eigenvalue weighted by Gasteiger charge is -2.33. The Balaban J connectivity index is 0.00000210. The van der Waals surface area contributed by atoms with Crippen LogP contribution in [0.5, 0.6) is 0 Å². The first-order valence-corrected chi connectivity index (χ1v) is 10.9. The molecule has 3 rings (SSSR count). The Morgan fingerprint density at radius 3 is 1.48 bits per heavy atom. The molecule has 0 bridgehead atoms. The lowest BCUT2D eigenvalue weighted by molar-refractivity contribution is 0.281. The molecular formula is C25H38Cl2N2. The highest BCUT2D eigenvalue weighted by atomic mass is 35.5. The van der Waals surface area contributed by atoms with Crippen molar-refractivity contribution in [3.63, 3.8) is 0 Å². The molecule has 2 aromatic rings. The van der Waals surface area contributed by atoms with Gasteiger partial charge in [-0.3, -0.25) is 0 Å². The van der Waals surface area contributed by atoms with E-state index < -0.39 is 0 Å². The van der Waals surface area contributed by atoms with Gasteiger partial charge in [0.15, 0.2) is 0 Å². The van der Waals surface area contributed by atoms with Crippen molar-refractivity contribution >= 4 is 24.8 Å². The predicted octanol–water partition coefficient (Wildman–Crippen LogP) is 6.24. The molecule has 2 atom stereocenters. The van der Waals surface area contributed by atoms with Gasteiger partial charge in [0.05, 0.1) is 0 Å². The molecule has 0 aliphatic heterocycles. The second-order valence-electron chi connectivity index (χ2n) is 8.00. The highest BCUT2D eigenvalue weighted by Crippen LogP contribution is 2.20. The first kappa shape index (κ1) is 26.0. The molecule has 1 aliphatic carbocycles. The van der Waals surface area contributed by atoms with Crippen LogP contribution in [0.15, 0.2) is 48.5 Å². The second kappa shape index (κ2) is 14.0. The van der Waals surface area contributed by atoms with Gasteiger partial charge in [0.25, 0.3) is 0 Å². The van der Waals surface area contributed by atoms with Crippen LogP contribution in [-0.4, -0.2) is 12.1 Å². The van der Waals surface area contributed by atoms with E-state index in [1.165, 1.54) is 60.8 Å². The topological polar surface area (TPSA) is 24.1 Å². The summed E-state index contributed by atoms with van der Waals surface area (Å²) in [4.78, 5) is 0. The Morgan fingerprint density at radius 1 is 0.655 bits per heavy atom. The van der Waals surface area contributed by atoms with Crippen molar-refractivity contribution < 1.29 is 0 Å². The van der Waals surface area contributed by atoms with Crippen LogP contribution >= 0.6 is 24.8 Å².